The van der Waals surface area contributed by atoms with Gasteiger partial charge in [-0.25, -0.2) is 4.98 Å². The van der Waals surface area contributed by atoms with E-state index in [2.05, 4.69) is 15.3 Å². The van der Waals surface area contributed by atoms with Gasteiger partial charge in [0.05, 0.1) is 30.1 Å². The molecule has 0 aliphatic carbocycles. The number of hydrogen-bond acceptors (Lipinski definition) is 5. The molecule has 0 aromatic carbocycles. The fraction of sp³-hybridized carbons (Fsp3) is 0.500. The maximum atomic E-state index is 12.4. The van der Waals surface area contributed by atoms with Crippen LogP contribution in [0.2, 0.25) is 0 Å². The molecular weight excluding hydrogens is 298 g/mol. The lowest BCUT2D eigenvalue weighted by molar-refractivity contribution is -0.129. The molecule has 6 heteroatoms. The second-order valence-corrected chi connectivity index (χ2v) is 7.12. The summed E-state index contributed by atoms with van der Waals surface area (Å²) in [7, 11) is 0. The van der Waals surface area contributed by atoms with Crippen LogP contribution in [0.4, 0.5) is 0 Å². The molecule has 0 N–H and O–H groups in total. The molecule has 0 radical (unpaired) electrons. The molecule has 5 nitrogen and oxygen atoms in total. The van der Waals surface area contributed by atoms with Gasteiger partial charge < -0.3 is 9.32 Å². The first kappa shape index (κ1) is 14.0. The topological polar surface area (TPSA) is 49.6 Å². The van der Waals surface area contributed by atoms with Crippen molar-refractivity contribution >= 4 is 17.2 Å². The van der Waals surface area contributed by atoms with Crippen molar-refractivity contribution in [1.29, 1.82) is 0 Å². The van der Waals surface area contributed by atoms with Crippen LogP contribution in [-0.4, -0.2) is 39.3 Å². The standard InChI is InChI=1S/C16H19N3O2S/c1-11-17-12(10-22-11)8-19-14-4-5-18(15(14)7-16(19)20)9-13-3-2-6-21-13/h2-3,6,10,14-15H,4-5,7-9H2,1H3/t14-,15+/m1/s1. The first-order valence-electron chi connectivity index (χ1n) is 7.67. The monoisotopic (exact) mass is 317 g/mol. The number of carbonyl (C=O) groups is 1. The molecule has 2 aromatic heterocycles. The SMILES string of the molecule is Cc1nc(CN2C(=O)C[C@H]3[C@H]2CCN3Cc2ccco2)cs1. The highest BCUT2D eigenvalue weighted by molar-refractivity contribution is 7.09. The van der Waals surface area contributed by atoms with E-state index < -0.39 is 0 Å². The van der Waals surface area contributed by atoms with Gasteiger partial charge in [0, 0.05) is 30.4 Å². The van der Waals surface area contributed by atoms with Crippen LogP contribution in [-0.2, 0) is 17.9 Å². The third-order valence-electron chi connectivity index (χ3n) is 4.67. The summed E-state index contributed by atoms with van der Waals surface area (Å²) in [6.45, 7) is 4.48. The van der Waals surface area contributed by atoms with Gasteiger partial charge in [-0.15, -0.1) is 11.3 Å². The molecule has 2 fully saturated rings. The molecule has 0 spiro atoms. The molecule has 116 valence electrons. The molecule has 2 aliphatic heterocycles. The summed E-state index contributed by atoms with van der Waals surface area (Å²) < 4.78 is 5.45. The van der Waals surface area contributed by atoms with E-state index in [1.165, 1.54) is 0 Å². The first-order valence-corrected chi connectivity index (χ1v) is 8.55. The Bertz CT molecular complexity index is 667. The molecule has 4 rings (SSSR count). The van der Waals surface area contributed by atoms with E-state index in [1.54, 1.807) is 17.6 Å². The fourth-order valence-electron chi connectivity index (χ4n) is 3.67. The highest BCUT2D eigenvalue weighted by Crippen LogP contribution is 2.34. The van der Waals surface area contributed by atoms with Crippen LogP contribution in [0.25, 0.3) is 0 Å². The zero-order valence-corrected chi connectivity index (χ0v) is 13.4. The lowest BCUT2D eigenvalue weighted by atomic mass is 10.1. The number of nitrogens with zero attached hydrogens (tertiary/aromatic N) is 3. The van der Waals surface area contributed by atoms with Crippen LogP contribution in [0, 0.1) is 6.92 Å². The largest absolute Gasteiger partial charge is 0.468 e. The number of aryl methyl sites for hydroxylation is 1. The van der Waals surface area contributed by atoms with E-state index in [-0.39, 0.29) is 5.91 Å². The van der Waals surface area contributed by atoms with E-state index in [0.29, 0.717) is 25.0 Å². The zero-order chi connectivity index (χ0) is 15.1. The fourth-order valence-corrected chi connectivity index (χ4v) is 4.27. The van der Waals surface area contributed by atoms with Crippen molar-refractivity contribution in [2.45, 2.75) is 44.9 Å². The number of aromatic nitrogens is 1. The number of fused-ring (bicyclic) bond motifs is 1. The average molecular weight is 317 g/mol. The Morgan fingerprint density at radius 2 is 2.32 bits per heavy atom. The minimum absolute atomic E-state index is 0.254. The Balaban J connectivity index is 1.47. The van der Waals surface area contributed by atoms with E-state index in [4.69, 9.17) is 4.42 Å². The summed E-state index contributed by atoms with van der Waals surface area (Å²) in [5.74, 6) is 1.23. The van der Waals surface area contributed by atoms with Gasteiger partial charge in [0.2, 0.25) is 5.91 Å². The third kappa shape index (κ3) is 2.46. The van der Waals surface area contributed by atoms with E-state index in [9.17, 15) is 4.79 Å². The molecule has 2 saturated heterocycles. The first-order chi connectivity index (χ1) is 10.7. The van der Waals surface area contributed by atoms with Crippen LogP contribution in [0.3, 0.4) is 0 Å². The summed E-state index contributed by atoms with van der Waals surface area (Å²) in [5.41, 5.74) is 1.01. The Kier molecular flexibility index (Phi) is 3.50. The van der Waals surface area contributed by atoms with Gasteiger partial charge >= 0.3 is 0 Å². The molecule has 2 atom stereocenters. The summed E-state index contributed by atoms with van der Waals surface area (Å²) in [5, 5.41) is 3.12. The Morgan fingerprint density at radius 1 is 1.41 bits per heavy atom. The minimum Gasteiger partial charge on any atom is -0.468 e. The summed E-state index contributed by atoms with van der Waals surface area (Å²) >= 11 is 1.65. The van der Waals surface area contributed by atoms with Crippen molar-refractivity contribution in [3.63, 3.8) is 0 Å². The van der Waals surface area contributed by atoms with Gasteiger partial charge in [-0.1, -0.05) is 0 Å². The number of likely N-dealkylation sites (tertiary alicyclic amines) is 2. The molecule has 2 aliphatic rings. The minimum atomic E-state index is 0.254. The maximum absolute atomic E-state index is 12.4. The maximum Gasteiger partial charge on any atom is 0.224 e. The lowest BCUT2D eigenvalue weighted by Crippen LogP contribution is -2.36. The predicted octanol–water partition coefficient (Wildman–Crippen LogP) is 2.42. The van der Waals surface area contributed by atoms with Crippen LogP contribution in [0.15, 0.2) is 28.2 Å². The molecule has 0 unspecified atom stereocenters. The van der Waals surface area contributed by atoms with Gasteiger partial charge in [-0.3, -0.25) is 9.69 Å². The van der Waals surface area contributed by atoms with Gasteiger partial charge in [0.15, 0.2) is 0 Å². The molecule has 2 aromatic rings. The number of furan rings is 1. The second-order valence-electron chi connectivity index (χ2n) is 6.06. The molecule has 22 heavy (non-hydrogen) atoms. The quantitative estimate of drug-likeness (QED) is 0.869. The molecule has 0 saturated carbocycles. The number of carbonyl (C=O) groups excluding carboxylic acids is 1. The molecule has 4 heterocycles. The van der Waals surface area contributed by atoms with Crippen molar-refractivity contribution in [3.8, 4) is 0 Å². The van der Waals surface area contributed by atoms with Crippen LogP contribution in [0.5, 0.6) is 0 Å². The highest BCUT2D eigenvalue weighted by atomic mass is 32.1. The van der Waals surface area contributed by atoms with Crippen LogP contribution < -0.4 is 0 Å². The van der Waals surface area contributed by atoms with Gasteiger partial charge in [0.1, 0.15) is 5.76 Å². The Hall–Kier alpha value is -1.66. The normalized spacial score (nSPS) is 25.1. The van der Waals surface area contributed by atoms with E-state index >= 15 is 0 Å². The summed E-state index contributed by atoms with van der Waals surface area (Å²) in [6, 6.07) is 4.56. The number of hydrogen-bond donors (Lipinski definition) is 0. The Morgan fingerprint density at radius 3 is 3.05 bits per heavy atom. The highest BCUT2D eigenvalue weighted by Gasteiger charge is 2.46. The van der Waals surface area contributed by atoms with Crippen molar-refractivity contribution in [1.82, 2.24) is 14.8 Å². The van der Waals surface area contributed by atoms with Gasteiger partial charge in [-0.05, 0) is 25.5 Å². The van der Waals surface area contributed by atoms with Gasteiger partial charge in [0.25, 0.3) is 0 Å². The predicted molar refractivity (Wildman–Crippen MR) is 83.3 cm³/mol. The van der Waals surface area contributed by atoms with Crippen LogP contribution in [0.1, 0.15) is 29.3 Å². The van der Waals surface area contributed by atoms with E-state index in [1.807, 2.05) is 24.0 Å². The van der Waals surface area contributed by atoms with Crippen molar-refractivity contribution in [2.24, 2.45) is 0 Å². The third-order valence-corrected chi connectivity index (χ3v) is 5.49. The lowest BCUT2D eigenvalue weighted by Gasteiger charge is -2.24. The zero-order valence-electron chi connectivity index (χ0n) is 12.6. The molecule has 0 bridgehead atoms. The van der Waals surface area contributed by atoms with Crippen molar-refractivity contribution in [2.75, 3.05) is 6.54 Å². The van der Waals surface area contributed by atoms with Crippen LogP contribution >= 0.6 is 11.3 Å². The van der Waals surface area contributed by atoms with Gasteiger partial charge in [-0.2, -0.15) is 0 Å². The van der Waals surface area contributed by atoms with Crippen molar-refractivity contribution < 1.29 is 9.21 Å². The molecular formula is C16H19N3O2S. The second kappa shape index (κ2) is 5.52. The summed E-state index contributed by atoms with van der Waals surface area (Å²) in [4.78, 5) is 21.3. The molecule has 1 amide bonds. The average Bonchev–Trinajstić information content (AvgIpc) is 3.23. The smallest absolute Gasteiger partial charge is 0.224 e. The Labute approximate surface area is 133 Å². The number of thiazole rings is 1. The van der Waals surface area contributed by atoms with E-state index in [0.717, 1.165) is 36.0 Å². The summed E-state index contributed by atoms with van der Waals surface area (Å²) in [6.07, 6.45) is 3.37. The number of rotatable bonds is 4. The number of amides is 1. The van der Waals surface area contributed by atoms with Crippen molar-refractivity contribution in [3.05, 3.63) is 40.2 Å².